The Bertz CT molecular complexity index is 393. The van der Waals surface area contributed by atoms with Crippen molar-refractivity contribution in [3.05, 3.63) is 35.9 Å². The predicted molar refractivity (Wildman–Crippen MR) is 80.0 cm³/mol. The highest BCUT2D eigenvalue weighted by atomic mass is 16.5. The minimum atomic E-state index is 0.216. The standard InChI is InChI=1S/C16H25NO2/c1-6-17-13(11-10-12(2)3)16-14(18-4)8-7-9-15(16)19-5/h7-9,13,17H,2,6,10-11H2,1,3-5H3. The van der Waals surface area contributed by atoms with E-state index in [1.807, 2.05) is 18.2 Å². The molecule has 0 aliphatic heterocycles. The van der Waals surface area contributed by atoms with Gasteiger partial charge in [0.25, 0.3) is 0 Å². The molecule has 3 nitrogen and oxygen atoms in total. The maximum atomic E-state index is 5.48. The van der Waals surface area contributed by atoms with Gasteiger partial charge in [0.2, 0.25) is 0 Å². The second kappa shape index (κ2) is 7.85. The van der Waals surface area contributed by atoms with Crippen molar-refractivity contribution in [1.29, 1.82) is 0 Å². The zero-order chi connectivity index (χ0) is 14.3. The molecule has 0 bridgehead atoms. The first-order chi connectivity index (χ1) is 9.13. The Hall–Kier alpha value is -1.48. The number of rotatable bonds is 8. The van der Waals surface area contributed by atoms with Crippen LogP contribution in [0, 0.1) is 0 Å². The van der Waals surface area contributed by atoms with E-state index in [-0.39, 0.29) is 6.04 Å². The van der Waals surface area contributed by atoms with E-state index in [0.717, 1.165) is 36.4 Å². The van der Waals surface area contributed by atoms with Gasteiger partial charge < -0.3 is 14.8 Å². The molecule has 0 heterocycles. The minimum absolute atomic E-state index is 0.216. The van der Waals surface area contributed by atoms with Crippen LogP contribution in [0.2, 0.25) is 0 Å². The van der Waals surface area contributed by atoms with Crippen LogP contribution in [0.1, 0.15) is 38.3 Å². The molecule has 1 atom stereocenters. The summed E-state index contributed by atoms with van der Waals surface area (Å²) < 4.78 is 11.0. The molecule has 19 heavy (non-hydrogen) atoms. The van der Waals surface area contributed by atoms with Gasteiger partial charge in [-0.05, 0) is 38.4 Å². The summed E-state index contributed by atoms with van der Waals surface area (Å²) in [5.41, 5.74) is 2.28. The highest BCUT2D eigenvalue weighted by Crippen LogP contribution is 2.36. The first kappa shape index (κ1) is 15.6. The van der Waals surface area contributed by atoms with E-state index in [0.29, 0.717) is 0 Å². The lowest BCUT2D eigenvalue weighted by molar-refractivity contribution is 0.367. The SMILES string of the molecule is C=C(C)CCC(NCC)c1c(OC)cccc1OC. The van der Waals surface area contributed by atoms with E-state index < -0.39 is 0 Å². The molecule has 0 aliphatic carbocycles. The number of hydrogen-bond donors (Lipinski definition) is 1. The van der Waals surface area contributed by atoms with Crippen LogP contribution in [-0.2, 0) is 0 Å². The Kier molecular flexibility index (Phi) is 6.43. The number of methoxy groups -OCH3 is 2. The molecule has 0 saturated carbocycles. The predicted octanol–water partition coefficient (Wildman–Crippen LogP) is 3.71. The summed E-state index contributed by atoms with van der Waals surface area (Å²) in [7, 11) is 3.39. The molecule has 0 aromatic heterocycles. The third-order valence-corrected chi connectivity index (χ3v) is 3.12. The Morgan fingerprint density at radius 3 is 2.26 bits per heavy atom. The zero-order valence-corrected chi connectivity index (χ0v) is 12.5. The van der Waals surface area contributed by atoms with E-state index in [1.54, 1.807) is 14.2 Å². The van der Waals surface area contributed by atoms with Crippen molar-refractivity contribution >= 4 is 0 Å². The zero-order valence-electron chi connectivity index (χ0n) is 12.5. The van der Waals surface area contributed by atoms with Crippen LogP contribution in [0.4, 0.5) is 0 Å². The van der Waals surface area contributed by atoms with Crippen molar-refractivity contribution in [2.75, 3.05) is 20.8 Å². The molecule has 1 unspecified atom stereocenters. The maximum absolute atomic E-state index is 5.48. The van der Waals surface area contributed by atoms with Crippen LogP contribution < -0.4 is 14.8 Å². The van der Waals surface area contributed by atoms with Gasteiger partial charge >= 0.3 is 0 Å². The number of benzene rings is 1. The third-order valence-electron chi connectivity index (χ3n) is 3.12. The summed E-state index contributed by atoms with van der Waals surface area (Å²) in [5.74, 6) is 1.74. The van der Waals surface area contributed by atoms with Crippen LogP contribution in [-0.4, -0.2) is 20.8 Å². The Morgan fingerprint density at radius 1 is 1.26 bits per heavy atom. The molecule has 106 valence electrons. The summed E-state index contributed by atoms with van der Waals surface area (Å²) in [6, 6.07) is 6.11. The highest BCUT2D eigenvalue weighted by molar-refractivity contribution is 5.47. The van der Waals surface area contributed by atoms with Crippen molar-refractivity contribution < 1.29 is 9.47 Å². The van der Waals surface area contributed by atoms with E-state index in [4.69, 9.17) is 9.47 Å². The van der Waals surface area contributed by atoms with Gasteiger partial charge in [0.1, 0.15) is 11.5 Å². The summed E-state index contributed by atoms with van der Waals surface area (Å²) in [6.45, 7) is 9.05. The van der Waals surface area contributed by atoms with E-state index in [9.17, 15) is 0 Å². The fourth-order valence-electron chi connectivity index (χ4n) is 2.21. The third kappa shape index (κ3) is 4.28. The minimum Gasteiger partial charge on any atom is -0.496 e. The van der Waals surface area contributed by atoms with Crippen LogP contribution in [0.3, 0.4) is 0 Å². The Morgan fingerprint density at radius 2 is 1.84 bits per heavy atom. The molecule has 3 heteroatoms. The van der Waals surface area contributed by atoms with E-state index in [2.05, 4.69) is 25.7 Å². The molecule has 0 spiro atoms. The maximum Gasteiger partial charge on any atom is 0.127 e. The normalized spacial score (nSPS) is 12.0. The number of hydrogen-bond acceptors (Lipinski definition) is 3. The van der Waals surface area contributed by atoms with Gasteiger partial charge in [0.15, 0.2) is 0 Å². The first-order valence-corrected chi connectivity index (χ1v) is 6.72. The van der Waals surface area contributed by atoms with Gasteiger partial charge in [-0.3, -0.25) is 0 Å². The van der Waals surface area contributed by atoms with Gasteiger partial charge in [0, 0.05) is 6.04 Å². The molecular formula is C16H25NO2. The molecule has 1 aromatic rings. The van der Waals surface area contributed by atoms with Crippen molar-refractivity contribution in [2.45, 2.75) is 32.7 Å². The van der Waals surface area contributed by atoms with Crippen molar-refractivity contribution in [2.24, 2.45) is 0 Å². The van der Waals surface area contributed by atoms with Crippen LogP contribution in [0.25, 0.3) is 0 Å². The molecule has 0 fully saturated rings. The molecule has 0 radical (unpaired) electrons. The van der Waals surface area contributed by atoms with Crippen LogP contribution >= 0.6 is 0 Å². The second-order valence-electron chi connectivity index (χ2n) is 4.68. The second-order valence-corrected chi connectivity index (χ2v) is 4.68. The molecule has 1 aromatic carbocycles. The largest absolute Gasteiger partial charge is 0.496 e. The Balaban J connectivity index is 3.08. The Labute approximate surface area is 116 Å². The van der Waals surface area contributed by atoms with Gasteiger partial charge in [-0.2, -0.15) is 0 Å². The summed E-state index contributed by atoms with van der Waals surface area (Å²) in [5, 5.41) is 3.50. The lowest BCUT2D eigenvalue weighted by Gasteiger charge is -2.23. The highest BCUT2D eigenvalue weighted by Gasteiger charge is 2.19. The monoisotopic (exact) mass is 263 g/mol. The summed E-state index contributed by atoms with van der Waals surface area (Å²) >= 11 is 0. The fraction of sp³-hybridized carbons (Fsp3) is 0.500. The average molecular weight is 263 g/mol. The number of nitrogens with one attached hydrogen (secondary N) is 1. The summed E-state index contributed by atoms with van der Waals surface area (Å²) in [4.78, 5) is 0. The fourth-order valence-corrected chi connectivity index (χ4v) is 2.21. The molecular weight excluding hydrogens is 238 g/mol. The molecule has 0 saturated heterocycles. The lowest BCUT2D eigenvalue weighted by atomic mass is 9.98. The number of ether oxygens (including phenoxy) is 2. The van der Waals surface area contributed by atoms with Crippen LogP contribution in [0.15, 0.2) is 30.4 Å². The van der Waals surface area contributed by atoms with Crippen molar-refractivity contribution in [3.8, 4) is 11.5 Å². The van der Waals surface area contributed by atoms with Crippen LogP contribution in [0.5, 0.6) is 11.5 Å². The van der Waals surface area contributed by atoms with Gasteiger partial charge in [0.05, 0.1) is 19.8 Å². The van der Waals surface area contributed by atoms with Gasteiger partial charge in [-0.1, -0.05) is 18.6 Å². The first-order valence-electron chi connectivity index (χ1n) is 6.72. The quantitative estimate of drug-likeness (QED) is 0.725. The average Bonchev–Trinajstić information content (AvgIpc) is 2.42. The smallest absolute Gasteiger partial charge is 0.127 e. The molecule has 0 aliphatic rings. The molecule has 1 N–H and O–H groups in total. The molecule has 1 rings (SSSR count). The topological polar surface area (TPSA) is 30.5 Å². The van der Waals surface area contributed by atoms with E-state index >= 15 is 0 Å². The number of allylic oxidation sites excluding steroid dienone is 1. The summed E-state index contributed by atoms with van der Waals surface area (Å²) in [6.07, 6.45) is 1.97. The van der Waals surface area contributed by atoms with E-state index in [1.165, 1.54) is 5.57 Å². The van der Waals surface area contributed by atoms with Gasteiger partial charge in [-0.15, -0.1) is 6.58 Å². The van der Waals surface area contributed by atoms with Crippen molar-refractivity contribution in [1.82, 2.24) is 5.32 Å². The van der Waals surface area contributed by atoms with Gasteiger partial charge in [-0.25, -0.2) is 0 Å². The van der Waals surface area contributed by atoms with Crippen molar-refractivity contribution in [3.63, 3.8) is 0 Å². The lowest BCUT2D eigenvalue weighted by Crippen LogP contribution is -2.22. The molecule has 0 amide bonds.